The average molecular weight is 235 g/mol. The molecule has 0 N–H and O–H groups in total. The molecule has 0 spiro atoms. The minimum atomic E-state index is -0.0726. The fourth-order valence-electron chi connectivity index (χ4n) is 2.14. The molecule has 1 aliphatic rings. The number of Topliss-reactive ketones (excluding diaryl/α,β-unsaturated/α-hetero) is 1. The molecule has 1 saturated heterocycles. The van der Waals surface area contributed by atoms with Crippen molar-refractivity contribution in [2.24, 2.45) is 13.0 Å². The Bertz CT molecular complexity index is 439. The van der Waals surface area contributed by atoms with Crippen molar-refractivity contribution in [1.82, 2.24) is 14.7 Å². The molecule has 1 unspecified atom stereocenters. The summed E-state index contributed by atoms with van der Waals surface area (Å²) in [5, 5.41) is 4.10. The van der Waals surface area contributed by atoms with E-state index in [2.05, 4.69) is 5.10 Å². The Morgan fingerprint density at radius 2 is 2.35 bits per heavy atom. The van der Waals surface area contributed by atoms with Gasteiger partial charge in [-0.1, -0.05) is 6.92 Å². The molecule has 1 aromatic heterocycles. The van der Waals surface area contributed by atoms with Gasteiger partial charge < -0.3 is 4.90 Å². The molecule has 2 heterocycles. The van der Waals surface area contributed by atoms with Gasteiger partial charge in [0.25, 0.3) is 5.91 Å². The van der Waals surface area contributed by atoms with Gasteiger partial charge in [-0.25, -0.2) is 0 Å². The molecule has 1 aliphatic heterocycles. The number of hydrogen-bond acceptors (Lipinski definition) is 3. The molecule has 2 rings (SSSR count). The fourth-order valence-corrected chi connectivity index (χ4v) is 2.14. The van der Waals surface area contributed by atoms with Crippen LogP contribution in [0.15, 0.2) is 12.3 Å². The van der Waals surface area contributed by atoms with Crippen LogP contribution in [0.3, 0.4) is 0 Å². The van der Waals surface area contributed by atoms with Crippen LogP contribution in [0.4, 0.5) is 0 Å². The third-order valence-electron chi connectivity index (χ3n) is 3.24. The van der Waals surface area contributed by atoms with Gasteiger partial charge in [0.05, 0.1) is 0 Å². The van der Waals surface area contributed by atoms with Gasteiger partial charge in [0.1, 0.15) is 11.5 Å². The standard InChI is InChI=1S/C12H17N3O2/c1-3-9-8-15(7-5-11(9)16)12(17)10-4-6-14(2)13-10/h4,6,9H,3,5,7-8H2,1-2H3. The van der Waals surface area contributed by atoms with Crippen LogP contribution in [0.1, 0.15) is 30.3 Å². The summed E-state index contributed by atoms with van der Waals surface area (Å²) < 4.78 is 1.61. The van der Waals surface area contributed by atoms with Gasteiger partial charge in [-0.2, -0.15) is 5.10 Å². The molecule has 0 bridgehead atoms. The first-order valence-electron chi connectivity index (χ1n) is 5.93. The van der Waals surface area contributed by atoms with Crippen molar-refractivity contribution < 1.29 is 9.59 Å². The Kier molecular flexibility index (Phi) is 3.26. The van der Waals surface area contributed by atoms with Crippen LogP contribution in [0.25, 0.3) is 0 Å². The van der Waals surface area contributed by atoms with Crippen LogP contribution in [-0.2, 0) is 11.8 Å². The second-order valence-corrected chi connectivity index (χ2v) is 4.45. The highest BCUT2D eigenvalue weighted by molar-refractivity contribution is 5.94. The zero-order chi connectivity index (χ0) is 12.4. The van der Waals surface area contributed by atoms with E-state index in [0.717, 1.165) is 6.42 Å². The van der Waals surface area contributed by atoms with E-state index in [1.807, 2.05) is 6.92 Å². The second-order valence-electron chi connectivity index (χ2n) is 4.45. The average Bonchev–Trinajstić information content (AvgIpc) is 2.75. The summed E-state index contributed by atoms with van der Waals surface area (Å²) in [5.41, 5.74) is 0.455. The van der Waals surface area contributed by atoms with Gasteiger partial charge in [-0.3, -0.25) is 14.3 Å². The van der Waals surface area contributed by atoms with Crippen LogP contribution in [0.2, 0.25) is 0 Å². The van der Waals surface area contributed by atoms with E-state index in [0.29, 0.717) is 25.2 Å². The Balaban J connectivity index is 2.08. The van der Waals surface area contributed by atoms with E-state index in [4.69, 9.17) is 0 Å². The molecule has 0 aliphatic carbocycles. The summed E-state index contributed by atoms with van der Waals surface area (Å²) >= 11 is 0. The molecule has 5 nitrogen and oxygen atoms in total. The highest BCUT2D eigenvalue weighted by Crippen LogP contribution is 2.17. The summed E-state index contributed by atoms with van der Waals surface area (Å²) in [7, 11) is 1.78. The third-order valence-corrected chi connectivity index (χ3v) is 3.24. The molecule has 1 atom stereocenters. The van der Waals surface area contributed by atoms with Gasteiger partial charge in [-0.05, 0) is 12.5 Å². The van der Waals surface area contributed by atoms with Gasteiger partial charge >= 0.3 is 0 Å². The molecular formula is C12H17N3O2. The number of piperidine rings is 1. The zero-order valence-corrected chi connectivity index (χ0v) is 10.2. The van der Waals surface area contributed by atoms with E-state index in [9.17, 15) is 9.59 Å². The monoisotopic (exact) mass is 235 g/mol. The first-order valence-corrected chi connectivity index (χ1v) is 5.93. The predicted octanol–water partition coefficient (Wildman–Crippen LogP) is 0.861. The number of rotatable bonds is 2. The minimum absolute atomic E-state index is 0.00332. The lowest BCUT2D eigenvalue weighted by molar-refractivity contribution is -0.125. The van der Waals surface area contributed by atoms with Crippen molar-refractivity contribution in [2.45, 2.75) is 19.8 Å². The number of likely N-dealkylation sites (tertiary alicyclic amines) is 1. The predicted molar refractivity (Wildman–Crippen MR) is 62.5 cm³/mol. The largest absolute Gasteiger partial charge is 0.336 e. The Morgan fingerprint density at radius 1 is 1.59 bits per heavy atom. The van der Waals surface area contributed by atoms with Gasteiger partial charge in [0.15, 0.2) is 0 Å². The second kappa shape index (κ2) is 4.69. The van der Waals surface area contributed by atoms with Crippen LogP contribution in [-0.4, -0.2) is 39.5 Å². The molecule has 5 heteroatoms. The molecule has 1 amide bonds. The lowest BCUT2D eigenvalue weighted by atomic mass is 9.94. The number of aromatic nitrogens is 2. The number of amides is 1. The maximum Gasteiger partial charge on any atom is 0.274 e. The summed E-state index contributed by atoms with van der Waals surface area (Å²) in [5.74, 6) is 0.200. The van der Waals surface area contributed by atoms with Gasteiger partial charge in [-0.15, -0.1) is 0 Å². The number of carbonyl (C=O) groups excluding carboxylic acids is 2. The smallest absolute Gasteiger partial charge is 0.274 e. The molecule has 0 saturated carbocycles. The molecule has 1 aromatic rings. The van der Waals surface area contributed by atoms with Gasteiger partial charge in [0.2, 0.25) is 0 Å². The summed E-state index contributed by atoms with van der Waals surface area (Å²) in [6, 6.07) is 1.71. The van der Waals surface area contributed by atoms with E-state index < -0.39 is 0 Å². The van der Waals surface area contributed by atoms with Gasteiger partial charge in [0, 0.05) is 38.7 Å². The van der Waals surface area contributed by atoms with E-state index in [-0.39, 0.29) is 17.6 Å². The molecular weight excluding hydrogens is 218 g/mol. The quantitative estimate of drug-likeness (QED) is 0.764. The minimum Gasteiger partial charge on any atom is -0.336 e. The first-order chi connectivity index (χ1) is 8.11. The van der Waals surface area contributed by atoms with E-state index in [1.165, 1.54) is 0 Å². The summed E-state index contributed by atoms with van der Waals surface area (Å²) in [4.78, 5) is 25.4. The molecule has 0 aromatic carbocycles. The number of hydrogen-bond donors (Lipinski definition) is 0. The molecule has 0 radical (unpaired) electrons. The Morgan fingerprint density at radius 3 is 2.94 bits per heavy atom. The summed E-state index contributed by atoms with van der Waals surface area (Å²) in [6.45, 7) is 3.03. The molecule has 17 heavy (non-hydrogen) atoms. The Labute approximate surface area is 100 Å². The molecule has 1 fully saturated rings. The van der Waals surface area contributed by atoms with Crippen LogP contribution in [0.5, 0.6) is 0 Å². The third kappa shape index (κ3) is 2.38. The number of carbonyl (C=O) groups is 2. The van der Waals surface area contributed by atoms with Crippen LogP contribution in [0, 0.1) is 5.92 Å². The van der Waals surface area contributed by atoms with Crippen LogP contribution < -0.4 is 0 Å². The zero-order valence-electron chi connectivity index (χ0n) is 10.2. The van der Waals surface area contributed by atoms with Crippen molar-refractivity contribution in [1.29, 1.82) is 0 Å². The lowest BCUT2D eigenvalue weighted by Gasteiger charge is -2.30. The van der Waals surface area contributed by atoms with Crippen molar-refractivity contribution in [2.75, 3.05) is 13.1 Å². The van der Waals surface area contributed by atoms with E-state index >= 15 is 0 Å². The highest BCUT2D eigenvalue weighted by atomic mass is 16.2. The first kappa shape index (κ1) is 11.8. The van der Waals surface area contributed by atoms with Crippen molar-refractivity contribution in [3.8, 4) is 0 Å². The Hall–Kier alpha value is -1.65. The number of aryl methyl sites for hydroxylation is 1. The normalized spacial score (nSPS) is 20.7. The SMILES string of the molecule is CCC1CN(C(=O)c2ccn(C)n2)CCC1=O. The fraction of sp³-hybridized carbons (Fsp3) is 0.583. The van der Waals surface area contributed by atoms with Crippen molar-refractivity contribution in [3.63, 3.8) is 0 Å². The number of nitrogens with zero attached hydrogens (tertiary/aromatic N) is 3. The maximum absolute atomic E-state index is 12.1. The lowest BCUT2D eigenvalue weighted by Crippen LogP contribution is -2.44. The summed E-state index contributed by atoms with van der Waals surface area (Å²) in [6.07, 6.45) is 3.02. The van der Waals surface area contributed by atoms with Crippen LogP contribution >= 0.6 is 0 Å². The topological polar surface area (TPSA) is 55.2 Å². The van der Waals surface area contributed by atoms with Crippen molar-refractivity contribution in [3.05, 3.63) is 18.0 Å². The maximum atomic E-state index is 12.1. The highest BCUT2D eigenvalue weighted by Gasteiger charge is 2.29. The molecule has 92 valence electrons. The van der Waals surface area contributed by atoms with Crippen molar-refractivity contribution >= 4 is 11.7 Å². The van der Waals surface area contributed by atoms with E-state index in [1.54, 1.807) is 28.9 Å². The number of ketones is 1.